The summed E-state index contributed by atoms with van der Waals surface area (Å²) in [6, 6.07) is 8.12. The van der Waals surface area contributed by atoms with E-state index in [-0.39, 0.29) is 11.9 Å². The Morgan fingerprint density at radius 3 is 2.57 bits per heavy atom. The molecule has 1 fully saturated rings. The van der Waals surface area contributed by atoms with Crippen LogP contribution in [0.2, 0.25) is 5.02 Å². The number of anilines is 1. The molecule has 0 spiro atoms. The van der Waals surface area contributed by atoms with E-state index < -0.39 is 0 Å². The lowest BCUT2D eigenvalue weighted by molar-refractivity contribution is -0.131. The van der Waals surface area contributed by atoms with E-state index in [0.29, 0.717) is 6.42 Å². The first-order valence-corrected chi connectivity index (χ1v) is 8.00. The lowest BCUT2D eigenvalue weighted by Crippen LogP contribution is -2.49. The Labute approximate surface area is 132 Å². The van der Waals surface area contributed by atoms with E-state index in [4.69, 9.17) is 11.6 Å². The topological polar surface area (TPSA) is 35.6 Å². The standard InChI is InChI=1S/C16H24ClN3O/c1-3-18-13(2)12-16(21)20-10-8-19(9-11-20)15-7-5-4-6-14(15)17/h4-7,13,18H,3,8-12H2,1-2H3. The third-order valence-corrected chi connectivity index (χ3v) is 4.18. The van der Waals surface area contributed by atoms with Gasteiger partial charge < -0.3 is 15.1 Å². The van der Waals surface area contributed by atoms with Crippen molar-refractivity contribution in [1.29, 1.82) is 0 Å². The predicted octanol–water partition coefficient (Wildman–Crippen LogP) is 2.38. The summed E-state index contributed by atoms with van der Waals surface area (Å²) < 4.78 is 0. The van der Waals surface area contributed by atoms with Crippen LogP contribution in [0.4, 0.5) is 5.69 Å². The number of halogens is 1. The second-order valence-electron chi connectivity index (χ2n) is 5.48. The zero-order chi connectivity index (χ0) is 15.2. The molecule has 1 aliphatic heterocycles. The van der Waals surface area contributed by atoms with Crippen LogP contribution < -0.4 is 10.2 Å². The molecule has 0 aromatic heterocycles. The van der Waals surface area contributed by atoms with Gasteiger partial charge in [0.05, 0.1) is 10.7 Å². The number of rotatable bonds is 5. The summed E-state index contributed by atoms with van der Waals surface area (Å²) in [5.41, 5.74) is 1.06. The number of nitrogens with one attached hydrogen (secondary N) is 1. The molecular weight excluding hydrogens is 286 g/mol. The summed E-state index contributed by atoms with van der Waals surface area (Å²) in [4.78, 5) is 16.4. The van der Waals surface area contributed by atoms with Crippen molar-refractivity contribution in [2.45, 2.75) is 26.3 Å². The second kappa shape index (κ2) is 7.66. The van der Waals surface area contributed by atoms with Crippen molar-refractivity contribution in [3.8, 4) is 0 Å². The van der Waals surface area contributed by atoms with Crippen LogP contribution in [0.5, 0.6) is 0 Å². The average molecular weight is 310 g/mol. The zero-order valence-corrected chi connectivity index (χ0v) is 13.6. The van der Waals surface area contributed by atoms with Gasteiger partial charge in [-0.2, -0.15) is 0 Å². The average Bonchev–Trinajstić information content (AvgIpc) is 2.48. The van der Waals surface area contributed by atoms with Gasteiger partial charge in [-0.15, -0.1) is 0 Å². The maximum absolute atomic E-state index is 12.2. The number of hydrogen-bond donors (Lipinski definition) is 1. The molecule has 1 amide bonds. The van der Waals surface area contributed by atoms with Gasteiger partial charge in [-0.25, -0.2) is 0 Å². The van der Waals surface area contributed by atoms with Gasteiger partial charge in [0.2, 0.25) is 5.91 Å². The minimum absolute atomic E-state index is 0.238. The molecular formula is C16H24ClN3O. The molecule has 116 valence electrons. The fraction of sp³-hybridized carbons (Fsp3) is 0.562. The molecule has 0 bridgehead atoms. The van der Waals surface area contributed by atoms with Crippen molar-refractivity contribution in [2.75, 3.05) is 37.6 Å². The highest BCUT2D eigenvalue weighted by atomic mass is 35.5. The summed E-state index contributed by atoms with van der Waals surface area (Å²) >= 11 is 6.23. The van der Waals surface area contributed by atoms with Gasteiger partial charge in [-0.3, -0.25) is 4.79 Å². The predicted molar refractivity (Wildman–Crippen MR) is 88.0 cm³/mol. The maximum Gasteiger partial charge on any atom is 0.224 e. The summed E-state index contributed by atoms with van der Waals surface area (Å²) in [7, 11) is 0. The number of piperazine rings is 1. The van der Waals surface area contributed by atoms with Crippen molar-refractivity contribution >= 4 is 23.2 Å². The van der Waals surface area contributed by atoms with Gasteiger partial charge in [-0.1, -0.05) is 30.7 Å². The van der Waals surface area contributed by atoms with E-state index in [1.54, 1.807) is 0 Å². The van der Waals surface area contributed by atoms with Crippen molar-refractivity contribution in [3.05, 3.63) is 29.3 Å². The monoisotopic (exact) mass is 309 g/mol. The summed E-state index contributed by atoms with van der Waals surface area (Å²) in [6.45, 7) is 8.22. The van der Waals surface area contributed by atoms with Crippen LogP contribution in [0.15, 0.2) is 24.3 Å². The lowest BCUT2D eigenvalue weighted by Gasteiger charge is -2.37. The largest absolute Gasteiger partial charge is 0.367 e. The van der Waals surface area contributed by atoms with Crippen LogP contribution in [-0.4, -0.2) is 49.6 Å². The number of nitrogens with zero attached hydrogens (tertiary/aromatic N) is 2. The number of carbonyl (C=O) groups excluding carboxylic acids is 1. The van der Waals surface area contributed by atoms with Crippen LogP contribution in [0.3, 0.4) is 0 Å². The molecule has 1 aliphatic rings. The van der Waals surface area contributed by atoms with Gasteiger partial charge >= 0.3 is 0 Å². The van der Waals surface area contributed by atoms with Gasteiger partial charge in [0, 0.05) is 38.6 Å². The second-order valence-corrected chi connectivity index (χ2v) is 5.89. The number of amides is 1. The van der Waals surface area contributed by atoms with E-state index in [9.17, 15) is 4.79 Å². The van der Waals surface area contributed by atoms with E-state index >= 15 is 0 Å². The molecule has 1 atom stereocenters. The first kappa shape index (κ1) is 16.1. The Morgan fingerprint density at radius 2 is 1.95 bits per heavy atom. The molecule has 1 aromatic rings. The lowest BCUT2D eigenvalue weighted by atomic mass is 10.2. The molecule has 0 aliphatic carbocycles. The van der Waals surface area contributed by atoms with Crippen molar-refractivity contribution in [1.82, 2.24) is 10.2 Å². The van der Waals surface area contributed by atoms with Crippen LogP contribution in [0.1, 0.15) is 20.3 Å². The highest BCUT2D eigenvalue weighted by Gasteiger charge is 2.23. The number of carbonyl (C=O) groups is 1. The highest BCUT2D eigenvalue weighted by molar-refractivity contribution is 6.33. The normalized spacial score (nSPS) is 16.9. The van der Waals surface area contributed by atoms with E-state index in [1.165, 1.54) is 0 Å². The van der Waals surface area contributed by atoms with Gasteiger partial charge in [0.15, 0.2) is 0 Å². The third kappa shape index (κ3) is 4.35. The molecule has 2 rings (SSSR count). The van der Waals surface area contributed by atoms with Gasteiger partial charge in [0.25, 0.3) is 0 Å². The van der Waals surface area contributed by atoms with Crippen LogP contribution >= 0.6 is 11.6 Å². The Bertz CT molecular complexity index is 472. The summed E-state index contributed by atoms with van der Waals surface area (Å²) in [5, 5.41) is 4.06. The van der Waals surface area contributed by atoms with Crippen LogP contribution in [-0.2, 0) is 4.79 Å². The number of hydrogen-bond acceptors (Lipinski definition) is 3. The molecule has 1 aromatic carbocycles. The Balaban J connectivity index is 1.86. The van der Waals surface area contributed by atoms with Gasteiger partial charge in [0.1, 0.15) is 0 Å². The van der Waals surface area contributed by atoms with Crippen molar-refractivity contribution < 1.29 is 4.79 Å². The molecule has 1 unspecified atom stereocenters. The molecule has 5 heteroatoms. The van der Waals surface area contributed by atoms with E-state index in [2.05, 4.69) is 24.1 Å². The molecule has 0 radical (unpaired) electrons. The molecule has 21 heavy (non-hydrogen) atoms. The Kier molecular flexibility index (Phi) is 5.88. The van der Waals surface area contributed by atoms with Crippen molar-refractivity contribution in [2.24, 2.45) is 0 Å². The fourth-order valence-electron chi connectivity index (χ4n) is 2.72. The van der Waals surface area contributed by atoms with Crippen LogP contribution in [0.25, 0.3) is 0 Å². The van der Waals surface area contributed by atoms with E-state index in [1.807, 2.05) is 29.2 Å². The molecule has 1 N–H and O–H groups in total. The molecule has 1 heterocycles. The first-order valence-electron chi connectivity index (χ1n) is 7.62. The first-order chi connectivity index (χ1) is 10.1. The summed E-state index contributed by atoms with van der Waals surface area (Å²) in [5.74, 6) is 0.238. The van der Waals surface area contributed by atoms with Crippen LogP contribution in [0, 0.1) is 0 Å². The maximum atomic E-state index is 12.2. The molecule has 0 saturated carbocycles. The SMILES string of the molecule is CCNC(C)CC(=O)N1CCN(c2ccccc2Cl)CC1. The smallest absolute Gasteiger partial charge is 0.224 e. The quantitative estimate of drug-likeness (QED) is 0.907. The number of para-hydroxylation sites is 1. The van der Waals surface area contributed by atoms with Crippen molar-refractivity contribution in [3.63, 3.8) is 0 Å². The zero-order valence-electron chi connectivity index (χ0n) is 12.8. The van der Waals surface area contributed by atoms with E-state index in [0.717, 1.165) is 43.4 Å². The molecule has 1 saturated heterocycles. The Morgan fingerprint density at radius 1 is 1.29 bits per heavy atom. The Hall–Kier alpha value is -1.26. The fourth-order valence-corrected chi connectivity index (χ4v) is 2.97. The van der Waals surface area contributed by atoms with Gasteiger partial charge in [-0.05, 0) is 25.6 Å². The highest BCUT2D eigenvalue weighted by Crippen LogP contribution is 2.26. The number of benzene rings is 1. The molecule has 4 nitrogen and oxygen atoms in total. The summed E-state index contributed by atoms with van der Waals surface area (Å²) in [6.07, 6.45) is 0.569. The minimum atomic E-state index is 0.238. The minimum Gasteiger partial charge on any atom is -0.367 e. The third-order valence-electron chi connectivity index (χ3n) is 3.86.